The van der Waals surface area contributed by atoms with Crippen LogP contribution in [0.1, 0.15) is 23.6 Å². The molecule has 10 heteroatoms. The van der Waals surface area contributed by atoms with Crippen LogP contribution in [0.2, 0.25) is 0 Å². The topological polar surface area (TPSA) is 127 Å². The molecule has 0 unspecified atom stereocenters. The van der Waals surface area contributed by atoms with Crippen molar-refractivity contribution in [1.82, 2.24) is 0 Å². The first kappa shape index (κ1) is 22.7. The van der Waals surface area contributed by atoms with E-state index in [-0.39, 0.29) is 106 Å². The van der Waals surface area contributed by atoms with E-state index in [4.69, 9.17) is 10.2 Å². The van der Waals surface area contributed by atoms with Gasteiger partial charge in [-0.15, -0.1) is 0 Å². The Morgan fingerprint density at radius 1 is 0.800 bits per heavy atom. The molecule has 0 fully saturated rings. The normalized spacial score (nSPS) is 8.40. The van der Waals surface area contributed by atoms with Crippen molar-refractivity contribution in [1.29, 1.82) is 0 Å². The van der Waals surface area contributed by atoms with Gasteiger partial charge in [0.25, 0.3) is 0 Å². The molecule has 0 saturated heterocycles. The van der Waals surface area contributed by atoms with Crippen LogP contribution < -0.4 is 103 Å². The van der Waals surface area contributed by atoms with E-state index in [1.807, 2.05) is 0 Å². The molecule has 0 amide bonds. The predicted octanol–water partition coefficient (Wildman–Crippen LogP) is -4.41. The molecule has 0 bridgehead atoms. The van der Waals surface area contributed by atoms with E-state index in [2.05, 4.69) is 9.47 Å². The second-order valence-corrected chi connectivity index (χ2v) is 2.86. The minimum atomic E-state index is -1.85. The fourth-order valence-electron chi connectivity index (χ4n) is 1.11. The number of carboxylic acid groups (broad SMARTS) is 2. The molecule has 98 valence electrons. The van der Waals surface area contributed by atoms with Crippen molar-refractivity contribution in [2.24, 2.45) is 0 Å². The number of esters is 2. The third-order valence-corrected chi connectivity index (χ3v) is 1.73. The van der Waals surface area contributed by atoms with Gasteiger partial charge in [-0.05, 0) is 12.1 Å². The number of ether oxygens (including phenoxy) is 2. The summed E-state index contributed by atoms with van der Waals surface area (Å²) in [5.41, 5.74) is -0.822. The Hall–Kier alpha value is 0.373. The van der Waals surface area contributed by atoms with Gasteiger partial charge < -0.3 is 22.5 Å². The average molecular weight is 334 g/mol. The Morgan fingerprint density at radius 2 is 1.10 bits per heavy atom. The molecule has 0 saturated carbocycles. The Kier molecular flexibility index (Phi) is 12.5. The molecule has 1 rings (SSSR count). The van der Waals surface area contributed by atoms with Crippen LogP contribution in [0.5, 0.6) is 0 Å². The maximum absolute atomic E-state index is 11.3. The molecule has 0 aliphatic rings. The Balaban J connectivity index is -0.000000405. The van der Waals surface area contributed by atoms with Gasteiger partial charge in [0.05, 0.1) is 11.1 Å². The van der Waals surface area contributed by atoms with Crippen molar-refractivity contribution in [3.63, 3.8) is 0 Å². The predicted molar refractivity (Wildman–Crippen MR) is 55.5 cm³/mol. The van der Waals surface area contributed by atoms with Crippen LogP contribution in [0, 0.1) is 0 Å². The third kappa shape index (κ3) is 7.40. The van der Waals surface area contributed by atoms with Crippen molar-refractivity contribution in [2.45, 2.75) is 0 Å². The van der Waals surface area contributed by atoms with E-state index in [0.717, 1.165) is 12.1 Å². The minimum Gasteiger partial charge on any atom is -1.00 e. The van der Waals surface area contributed by atoms with Crippen LogP contribution in [0.3, 0.4) is 0 Å². The first-order valence-electron chi connectivity index (χ1n) is 4.41. The fourth-order valence-corrected chi connectivity index (χ4v) is 1.11. The third-order valence-electron chi connectivity index (χ3n) is 1.73. The minimum absolute atomic E-state index is 0. The van der Waals surface area contributed by atoms with Gasteiger partial charge in [0, 0.05) is 0 Å². The molecule has 0 aliphatic heterocycles. The summed E-state index contributed by atoms with van der Waals surface area (Å²) < 4.78 is 7.71. The van der Waals surface area contributed by atoms with Gasteiger partial charge in [0.1, 0.15) is 0 Å². The maximum atomic E-state index is 11.3. The first-order valence-corrected chi connectivity index (χ1v) is 4.41. The van der Waals surface area contributed by atoms with Crippen molar-refractivity contribution in [2.75, 3.05) is 0 Å². The molecule has 8 nitrogen and oxygen atoms in total. The molecule has 0 aliphatic carbocycles. The summed E-state index contributed by atoms with van der Waals surface area (Å²) in [6.45, 7) is 0. The van der Waals surface area contributed by atoms with Crippen LogP contribution in [0.4, 0.5) is 9.59 Å². The van der Waals surface area contributed by atoms with Gasteiger partial charge >= 0.3 is 127 Å². The zero-order valence-electron chi connectivity index (χ0n) is 12.7. The number of rotatable bonds is 2. The fraction of sp³-hybridized carbons (Fsp3) is 0. The SMILES string of the molecule is O=C(O)OC(=O)c1ccccc1C(=O)OC(=O)O.[H-].[H-].[K+].[K+]. The van der Waals surface area contributed by atoms with Crippen LogP contribution in [0.15, 0.2) is 24.3 Å². The first-order chi connectivity index (χ1) is 8.41. The maximum Gasteiger partial charge on any atom is 1.00 e. The molecule has 0 spiro atoms. The molecule has 0 heterocycles. The van der Waals surface area contributed by atoms with E-state index in [1.54, 1.807) is 0 Å². The van der Waals surface area contributed by atoms with Crippen molar-refractivity contribution in [3.05, 3.63) is 35.4 Å². The molecular formula is C10H8K2O8. The average Bonchev–Trinajstić information content (AvgIpc) is 2.27. The summed E-state index contributed by atoms with van der Waals surface area (Å²) in [5.74, 6) is -2.61. The summed E-state index contributed by atoms with van der Waals surface area (Å²) in [4.78, 5) is 43.0. The molecule has 1 aromatic carbocycles. The van der Waals surface area contributed by atoms with Gasteiger partial charge in [0.15, 0.2) is 0 Å². The second-order valence-electron chi connectivity index (χ2n) is 2.86. The molecule has 0 radical (unpaired) electrons. The molecular weight excluding hydrogens is 326 g/mol. The van der Waals surface area contributed by atoms with Gasteiger partial charge in [-0.3, -0.25) is 0 Å². The van der Waals surface area contributed by atoms with Crippen molar-refractivity contribution in [3.8, 4) is 0 Å². The molecule has 2 N–H and O–H groups in total. The van der Waals surface area contributed by atoms with Gasteiger partial charge in [-0.25, -0.2) is 19.2 Å². The number of carbonyl (C=O) groups is 4. The van der Waals surface area contributed by atoms with E-state index in [9.17, 15) is 19.2 Å². The number of benzene rings is 1. The zero-order chi connectivity index (χ0) is 13.7. The monoisotopic (exact) mass is 334 g/mol. The van der Waals surface area contributed by atoms with Crippen molar-refractivity contribution >= 4 is 24.2 Å². The summed E-state index contributed by atoms with van der Waals surface area (Å²) >= 11 is 0. The van der Waals surface area contributed by atoms with Gasteiger partial charge in [0.2, 0.25) is 0 Å². The van der Waals surface area contributed by atoms with E-state index >= 15 is 0 Å². The standard InChI is InChI=1S/C10H6O8.2K.2H/c11-7(17-9(13)14)5-3-1-2-4-6(5)8(12)18-10(15)16;;;;/h1-4H,(H,13,14)(H,15,16);;;;/q;2*+1;2*-1. The van der Waals surface area contributed by atoms with Crippen LogP contribution in [-0.4, -0.2) is 34.5 Å². The summed E-state index contributed by atoms with van der Waals surface area (Å²) in [7, 11) is 0. The van der Waals surface area contributed by atoms with Crippen LogP contribution >= 0.6 is 0 Å². The Bertz CT molecular complexity index is 490. The van der Waals surface area contributed by atoms with Gasteiger partial charge in [-0.1, -0.05) is 12.1 Å². The Labute approximate surface area is 200 Å². The summed E-state index contributed by atoms with van der Waals surface area (Å²) in [6.07, 6.45) is -3.69. The van der Waals surface area contributed by atoms with E-state index < -0.39 is 35.4 Å². The van der Waals surface area contributed by atoms with E-state index in [0.29, 0.717) is 0 Å². The number of hydrogen-bond donors (Lipinski definition) is 2. The molecule has 0 aromatic heterocycles. The van der Waals surface area contributed by atoms with Crippen LogP contribution in [-0.2, 0) is 9.47 Å². The van der Waals surface area contributed by atoms with E-state index in [1.165, 1.54) is 12.1 Å². The Morgan fingerprint density at radius 3 is 1.35 bits per heavy atom. The zero-order valence-corrected chi connectivity index (χ0v) is 16.9. The smallest absolute Gasteiger partial charge is 1.00 e. The number of hydrogen-bond acceptors (Lipinski definition) is 6. The number of carbonyl (C=O) groups excluding carboxylic acids is 2. The summed E-state index contributed by atoms with van der Waals surface area (Å²) in [5, 5.41) is 16.5. The molecule has 20 heavy (non-hydrogen) atoms. The summed E-state index contributed by atoms with van der Waals surface area (Å²) in [6, 6.07) is 4.89. The van der Waals surface area contributed by atoms with Crippen LogP contribution in [0.25, 0.3) is 0 Å². The quantitative estimate of drug-likeness (QED) is 0.315. The molecule has 0 atom stereocenters. The van der Waals surface area contributed by atoms with Gasteiger partial charge in [-0.2, -0.15) is 0 Å². The molecule has 1 aromatic rings. The second kappa shape index (κ2) is 11.0. The van der Waals surface area contributed by atoms with Crippen molar-refractivity contribution < 1.29 is 144 Å². The largest absolute Gasteiger partial charge is 1.00 e.